The number of rotatable bonds is 3. The van der Waals surface area contributed by atoms with E-state index in [1.54, 1.807) is 9.80 Å². The van der Waals surface area contributed by atoms with Gasteiger partial charge in [-0.2, -0.15) is 0 Å². The Labute approximate surface area is 129 Å². The SMILES string of the molecule is O=C(CCN1Cc2ccccc2C1=O)N1CCOC[C@@H](O)C1. The van der Waals surface area contributed by atoms with Crippen LogP contribution in [-0.4, -0.2) is 65.7 Å². The fraction of sp³-hybridized carbons (Fsp3) is 0.500. The van der Waals surface area contributed by atoms with Crippen LogP contribution in [0.5, 0.6) is 0 Å². The third-order valence-electron chi connectivity index (χ3n) is 4.09. The van der Waals surface area contributed by atoms with Gasteiger partial charge in [0.1, 0.15) is 0 Å². The zero-order chi connectivity index (χ0) is 15.5. The molecule has 1 saturated heterocycles. The summed E-state index contributed by atoms with van der Waals surface area (Å²) in [6.07, 6.45) is -0.365. The summed E-state index contributed by atoms with van der Waals surface area (Å²) in [5.41, 5.74) is 1.74. The molecule has 2 heterocycles. The molecule has 1 N–H and O–H groups in total. The van der Waals surface area contributed by atoms with Crippen LogP contribution in [0.25, 0.3) is 0 Å². The van der Waals surface area contributed by atoms with Crippen molar-refractivity contribution in [3.63, 3.8) is 0 Å². The number of carbonyl (C=O) groups is 2. The molecule has 2 aliphatic rings. The van der Waals surface area contributed by atoms with Crippen molar-refractivity contribution in [2.75, 3.05) is 32.8 Å². The molecule has 0 bridgehead atoms. The van der Waals surface area contributed by atoms with Crippen molar-refractivity contribution >= 4 is 11.8 Å². The van der Waals surface area contributed by atoms with Crippen molar-refractivity contribution in [1.29, 1.82) is 0 Å². The lowest BCUT2D eigenvalue weighted by Gasteiger charge is -2.23. The predicted molar refractivity (Wildman–Crippen MR) is 79.2 cm³/mol. The molecule has 6 nitrogen and oxygen atoms in total. The smallest absolute Gasteiger partial charge is 0.254 e. The van der Waals surface area contributed by atoms with E-state index in [0.29, 0.717) is 32.8 Å². The molecule has 3 rings (SSSR count). The minimum Gasteiger partial charge on any atom is -0.389 e. The highest BCUT2D eigenvalue weighted by atomic mass is 16.5. The molecule has 22 heavy (non-hydrogen) atoms. The van der Waals surface area contributed by atoms with Gasteiger partial charge in [-0.3, -0.25) is 9.59 Å². The molecule has 6 heteroatoms. The van der Waals surface area contributed by atoms with Crippen molar-refractivity contribution < 1.29 is 19.4 Å². The van der Waals surface area contributed by atoms with Crippen molar-refractivity contribution in [2.45, 2.75) is 19.1 Å². The number of aliphatic hydroxyl groups is 1. The molecule has 0 aromatic heterocycles. The third kappa shape index (κ3) is 3.13. The zero-order valence-corrected chi connectivity index (χ0v) is 12.4. The molecule has 0 unspecified atom stereocenters. The fourth-order valence-electron chi connectivity index (χ4n) is 2.90. The van der Waals surface area contributed by atoms with E-state index in [-0.39, 0.29) is 24.8 Å². The molecule has 0 radical (unpaired) electrons. The molecule has 118 valence electrons. The fourth-order valence-corrected chi connectivity index (χ4v) is 2.90. The summed E-state index contributed by atoms with van der Waals surface area (Å²) in [5.74, 6) is -0.0593. The van der Waals surface area contributed by atoms with Crippen LogP contribution in [0.4, 0.5) is 0 Å². The average molecular weight is 304 g/mol. The first-order chi connectivity index (χ1) is 10.6. The van der Waals surface area contributed by atoms with E-state index in [1.165, 1.54) is 0 Å². The summed E-state index contributed by atoms with van der Waals surface area (Å²) < 4.78 is 5.22. The summed E-state index contributed by atoms with van der Waals surface area (Å²) in [7, 11) is 0. The topological polar surface area (TPSA) is 70.1 Å². The highest BCUT2D eigenvalue weighted by Crippen LogP contribution is 2.22. The Bertz CT molecular complexity index is 575. The minimum absolute atomic E-state index is 0.0114. The van der Waals surface area contributed by atoms with Crippen molar-refractivity contribution in [3.8, 4) is 0 Å². The lowest BCUT2D eigenvalue weighted by Crippen LogP contribution is -2.39. The van der Waals surface area contributed by atoms with Gasteiger partial charge in [-0.15, -0.1) is 0 Å². The van der Waals surface area contributed by atoms with E-state index in [9.17, 15) is 14.7 Å². The van der Waals surface area contributed by atoms with Gasteiger partial charge in [0.2, 0.25) is 5.91 Å². The van der Waals surface area contributed by atoms with Gasteiger partial charge in [0.15, 0.2) is 0 Å². The molecule has 0 saturated carbocycles. The summed E-state index contributed by atoms with van der Waals surface area (Å²) >= 11 is 0. The van der Waals surface area contributed by atoms with Gasteiger partial charge in [0, 0.05) is 38.2 Å². The molecule has 1 aromatic rings. The first-order valence-corrected chi connectivity index (χ1v) is 7.56. The lowest BCUT2D eigenvalue weighted by atomic mass is 10.1. The largest absolute Gasteiger partial charge is 0.389 e. The van der Waals surface area contributed by atoms with Crippen LogP contribution in [0.15, 0.2) is 24.3 Å². The van der Waals surface area contributed by atoms with E-state index in [2.05, 4.69) is 0 Å². The standard InChI is InChI=1S/C16H20N2O4/c19-13-10-17(7-8-22-11-13)15(20)5-6-18-9-12-3-1-2-4-14(12)16(18)21/h1-4,13,19H,5-11H2/t13-/m0/s1. The van der Waals surface area contributed by atoms with Crippen LogP contribution in [0.1, 0.15) is 22.3 Å². The molecule has 1 aromatic carbocycles. The Morgan fingerprint density at radius 3 is 3.00 bits per heavy atom. The molecule has 1 atom stereocenters. The Balaban J connectivity index is 1.55. The quantitative estimate of drug-likeness (QED) is 0.869. The Kier molecular flexibility index (Phi) is 4.40. The minimum atomic E-state index is -0.635. The second-order valence-corrected chi connectivity index (χ2v) is 5.70. The molecular weight excluding hydrogens is 284 g/mol. The molecular formula is C16H20N2O4. The van der Waals surface area contributed by atoms with E-state index in [0.717, 1.165) is 11.1 Å². The van der Waals surface area contributed by atoms with Gasteiger partial charge >= 0.3 is 0 Å². The average Bonchev–Trinajstić information content (AvgIpc) is 2.69. The van der Waals surface area contributed by atoms with Crippen molar-refractivity contribution in [1.82, 2.24) is 9.80 Å². The highest BCUT2D eigenvalue weighted by Gasteiger charge is 2.28. The van der Waals surface area contributed by atoms with Gasteiger partial charge in [-0.25, -0.2) is 0 Å². The number of hydrogen-bond donors (Lipinski definition) is 1. The number of fused-ring (bicyclic) bond motifs is 1. The maximum absolute atomic E-state index is 12.3. The molecule has 2 aliphatic heterocycles. The second kappa shape index (κ2) is 6.46. The normalized spacial score (nSPS) is 21.7. The Hall–Kier alpha value is -1.92. The number of aliphatic hydroxyl groups excluding tert-OH is 1. The Morgan fingerprint density at radius 1 is 1.36 bits per heavy atom. The van der Waals surface area contributed by atoms with E-state index in [4.69, 9.17) is 4.74 Å². The van der Waals surface area contributed by atoms with Crippen LogP contribution in [0.2, 0.25) is 0 Å². The number of β-amino-alcohol motifs (C(OH)–C–C–N with tert-alkyl or cyclic N) is 1. The first-order valence-electron chi connectivity index (χ1n) is 7.56. The van der Waals surface area contributed by atoms with Gasteiger partial charge in [0.05, 0.1) is 19.3 Å². The van der Waals surface area contributed by atoms with E-state index in [1.807, 2.05) is 24.3 Å². The van der Waals surface area contributed by atoms with E-state index >= 15 is 0 Å². The number of benzene rings is 1. The first kappa shape index (κ1) is 15.0. The maximum atomic E-state index is 12.3. The number of amides is 2. The highest BCUT2D eigenvalue weighted by molar-refractivity contribution is 5.98. The van der Waals surface area contributed by atoms with Crippen LogP contribution >= 0.6 is 0 Å². The van der Waals surface area contributed by atoms with E-state index < -0.39 is 6.10 Å². The van der Waals surface area contributed by atoms with Crippen molar-refractivity contribution in [3.05, 3.63) is 35.4 Å². The predicted octanol–water partition coefficient (Wildman–Crippen LogP) is 0.252. The molecule has 0 spiro atoms. The van der Waals surface area contributed by atoms with Crippen LogP contribution in [0.3, 0.4) is 0 Å². The van der Waals surface area contributed by atoms with Gasteiger partial charge in [-0.05, 0) is 11.6 Å². The van der Waals surface area contributed by atoms with Crippen LogP contribution < -0.4 is 0 Å². The monoisotopic (exact) mass is 304 g/mol. The van der Waals surface area contributed by atoms with Gasteiger partial charge in [-0.1, -0.05) is 18.2 Å². The maximum Gasteiger partial charge on any atom is 0.254 e. The number of nitrogens with zero attached hydrogens (tertiary/aromatic N) is 2. The van der Waals surface area contributed by atoms with Gasteiger partial charge in [0.25, 0.3) is 5.91 Å². The lowest BCUT2D eigenvalue weighted by molar-refractivity contribution is -0.132. The molecule has 0 aliphatic carbocycles. The second-order valence-electron chi connectivity index (χ2n) is 5.70. The number of ether oxygens (including phenoxy) is 1. The number of hydrogen-bond acceptors (Lipinski definition) is 4. The number of carbonyl (C=O) groups excluding carboxylic acids is 2. The van der Waals surface area contributed by atoms with Gasteiger partial charge < -0.3 is 19.6 Å². The molecule has 1 fully saturated rings. The Morgan fingerprint density at radius 2 is 2.18 bits per heavy atom. The van der Waals surface area contributed by atoms with Crippen LogP contribution in [0, 0.1) is 0 Å². The van der Waals surface area contributed by atoms with Crippen molar-refractivity contribution in [2.24, 2.45) is 0 Å². The summed E-state index contributed by atoms with van der Waals surface area (Å²) in [5, 5.41) is 9.67. The summed E-state index contributed by atoms with van der Waals surface area (Å²) in [4.78, 5) is 27.8. The summed E-state index contributed by atoms with van der Waals surface area (Å²) in [6, 6.07) is 7.53. The molecule has 2 amide bonds. The third-order valence-corrected chi connectivity index (χ3v) is 4.09. The zero-order valence-electron chi connectivity index (χ0n) is 12.4. The summed E-state index contributed by atoms with van der Waals surface area (Å²) in [6.45, 7) is 2.46. The van der Waals surface area contributed by atoms with Crippen LogP contribution in [-0.2, 0) is 16.1 Å².